The number of nitrogens with zero attached hydrogens (tertiary/aromatic N) is 2. The first-order valence-electron chi connectivity index (χ1n) is 4.35. The highest BCUT2D eigenvalue weighted by molar-refractivity contribution is 5.75. The predicted octanol–water partition coefficient (Wildman–Crippen LogP) is 0.805. The van der Waals surface area contributed by atoms with Crippen LogP contribution in [0.15, 0.2) is 0 Å². The highest BCUT2D eigenvalue weighted by atomic mass is 16.2. The van der Waals surface area contributed by atoms with Gasteiger partial charge in [0.15, 0.2) is 0 Å². The van der Waals surface area contributed by atoms with Crippen LogP contribution in [-0.2, 0) is 4.79 Å². The fourth-order valence-corrected chi connectivity index (χ4v) is 0.754. The van der Waals surface area contributed by atoms with Gasteiger partial charge in [0.25, 0.3) is 0 Å². The summed E-state index contributed by atoms with van der Waals surface area (Å²) in [5.74, 6) is 0.197. The van der Waals surface area contributed by atoms with Crippen LogP contribution in [0.2, 0.25) is 0 Å². The van der Waals surface area contributed by atoms with Crippen molar-refractivity contribution in [2.45, 2.75) is 26.3 Å². The molecule has 0 rings (SSSR count). The van der Waals surface area contributed by atoms with Crippen LogP contribution in [0.3, 0.4) is 0 Å². The minimum Gasteiger partial charge on any atom is -0.349 e. The Labute approximate surface area is 75.3 Å². The number of hydrogen-bond donors (Lipinski definition) is 0. The van der Waals surface area contributed by atoms with Gasteiger partial charge >= 0.3 is 0 Å². The van der Waals surface area contributed by atoms with Crippen molar-refractivity contribution in [3.8, 4) is 0 Å². The van der Waals surface area contributed by atoms with Crippen LogP contribution in [0.5, 0.6) is 0 Å². The zero-order valence-electron chi connectivity index (χ0n) is 8.79. The maximum absolute atomic E-state index is 11.2. The van der Waals surface area contributed by atoms with E-state index in [0.717, 1.165) is 6.54 Å². The van der Waals surface area contributed by atoms with Gasteiger partial charge in [-0.25, -0.2) is 0 Å². The van der Waals surface area contributed by atoms with Gasteiger partial charge in [-0.1, -0.05) is 0 Å². The molecule has 0 bridgehead atoms. The molecule has 0 unspecified atom stereocenters. The molecule has 0 N–H and O–H groups in total. The molecule has 0 aliphatic heterocycles. The summed E-state index contributed by atoms with van der Waals surface area (Å²) in [6.07, 6.45) is 0.613. The van der Waals surface area contributed by atoms with Crippen LogP contribution in [0.1, 0.15) is 20.3 Å². The van der Waals surface area contributed by atoms with Crippen molar-refractivity contribution in [3.63, 3.8) is 0 Å². The summed E-state index contributed by atoms with van der Waals surface area (Å²) in [4.78, 5) is 15.0. The Morgan fingerprint density at radius 2 is 1.75 bits per heavy atom. The lowest BCUT2D eigenvalue weighted by molar-refractivity contribution is -0.129. The van der Waals surface area contributed by atoms with Gasteiger partial charge in [-0.05, 0) is 20.9 Å². The maximum atomic E-state index is 11.2. The molecule has 0 heterocycles. The second-order valence-electron chi connectivity index (χ2n) is 3.61. The van der Waals surface area contributed by atoms with Gasteiger partial charge in [-0.3, -0.25) is 4.79 Å². The Balaban J connectivity index is 3.61. The van der Waals surface area contributed by atoms with E-state index >= 15 is 0 Å². The molecule has 0 saturated carbocycles. The average Bonchev–Trinajstić information content (AvgIpc) is 1.98. The average molecular weight is 172 g/mol. The predicted molar refractivity (Wildman–Crippen MR) is 51.1 cm³/mol. The molecular formula is C9H20N2O. The summed E-state index contributed by atoms with van der Waals surface area (Å²) >= 11 is 0. The topological polar surface area (TPSA) is 23.6 Å². The van der Waals surface area contributed by atoms with Crippen LogP contribution in [-0.4, -0.2) is 49.4 Å². The molecule has 0 radical (unpaired) electrons. The van der Waals surface area contributed by atoms with Crippen molar-refractivity contribution in [2.24, 2.45) is 0 Å². The van der Waals surface area contributed by atoms with E-state index in [4.69, 9.17) is 0 Å². The summed E-state index contributed by atoms with van der Waals surface area (Å²) in [5, 5.41) is 0. The normalized spacial score (nSPS) is 10.9. The van der Waals surface area contributed by atoms with Gasteiger partial charge in [0.05, 0.1) is 0 Å². The Bertz CT molecular complexity index is 143. The Morgan fingerprint density at radius 3 is 2.08 bits per heavy atom. The number of carbonyl (C=O) groups excluding carboxylic acids is 1. The fraction of sp³-hybridized carbons (Fsp3) is 0.889. The van der Waals surface area contributed by atoms with Gasteiger partial charge in [0.1, 0.15) is 0 Å². The van der Waals surface area contributed by atoms with Crippen molar-refractivity contribution in [2.75, 3.05) is 27.7 Å². The van der Waals surface area contributed by atoms with E-state index in [-0.39, 0.29) is 5.91 Å². The molecule has 0 spiro atoms. The molecule has 0 fully saturated rings. The van der Waals surface area contributed by atoms with E-state index in [1.165, 1.54) is 0 Å². The van der Waals surface area contributed by atoms with Crippen LogP contribution in [0.25, 0.3) is 0 Å². The standard InChI is InChI=1S/C9H20N2O/c1-8(2)11(5)7-6-9(12)10(3)4/h8H,6-7H2,1-5H3. The van der Waals surface area contributed by atoms with Crippen molar-refractivity contribution < 1.29 is 4.79 Å². The Hall–Kier alpha value is -0.570. The van der Waals surface area contributed by atoms with E-state index in [0.29, 0.717) is 12.5 Å². The second kappa shape index (κ2) is 5.14. The largest absolute Gasteiger partial charge is 0.349 e. The van der Waals surface area contributed by atoms with Crippen molar-refractivity contribution in [3.05, 3.63) is 0 Å². The summed E-state index contributed by atoms with van der Waals surface area (Å²) < 4.78 is 0. The lowest BCUT2D eigenvalue weighted by Gasteiger charge is -2.21. The third kappa shape index (κ3) is 4.34. The van der Waals surface area contributed by atoms with Gasteiger partial charge < -0.3 is 9.80 Å². The van der Waals surface area contributed by atoms with E-state index in [1.807, 2.05) is 7.05 Å². The number of carbonyl (C=O) groups is 1. The molecule has 3 nitrogen and oxygen atoms in total. The first-order chi connectivity index (χ1) is 5.45. The number of amides is 1. The molecule has 1 amide bonds. The highest BCUT2D eigenvalue weighted by Crippen LogP contribution is 1.96. The van der Waals surface area contributed by atoms with E-state index in [1.54, 1.807) is 19.0 Å². The first kappa shape index (κ1) is 11.4. The van der Waals surface area contributed by atoms with Crippen LogP contribution in [0.4, 0.5) is 0 Å². The van der Waals surface area contributed by atoms with E-state index in [9.17, 15) is 4.79 Å². The van der Waals surface area contributed by atoms with E-state index < -0.39 is 0 Å². The highest BCUT2D eigenvalue weighted by Gasteiger charge is 2.07. The Kier molecular flexibility index (Phi) is 4.90. The third-order valence-corrected chi connectivity index (χ3v) is 2.06. The van der Waals surface area contributed by atoms with Crippen LogP contribution >= 0.6 is 0 Å². The molecule has 0 aromatic carbocycles. The van der Waals surface area contributed by atoms with Gasteiger partial charge in [-0.2, -0.15) is 0 Å². The maximum Gasteiger partial charge on any atom is 0.223 e. The minimum atomic E-state index is 0.197. The monoisotopic (exact) mass is 172 g/mol. The molecule has 0 aromatic rings. The first-order valence-corrected chi connectivity index (χ1v) is 4.35. The van der Waals surface area contributed by atoms with Crippen LogP contribution < -0.4 is 0 Å². The van der Waals surface area contributed by atoms with Crippen molar-refractivity contribution in [1.82, 2.24) is 9.80 Å². The lowest BCUT2D eigenvalue weighted by Crippen LogP contribution is -2.31. The van der Waals surface area contributed by atoms with Gasteiger partial charge in [-0.15, -0.1) is 0 Å². The molecule has 12 heavy (non-hydrogen) atoms. The zero-order chi connectivity index (χ0) is 9.72. The SMILES string of the molecule is CC(C)N(C)CCC(=O)N(C)C. The molecular weight excluding hydrogens is 152 g/mol. The Morgan fingerprint density at radius 1 is 1.25 bits per heavy atom. The van der Waals surface area contributed by atoms with Crippen molar-refractivity contribution >= 4 is 5.91 Å². The summed E-state index contributed by atoms with van der Waals surface area (Å²) in [6, 6.07) is 0.514. The molecule has 0 aliphatic rings. The van der Waals surface area contributed by atoms with Crippen LogP contribution in [0, 0.1) is 0 Å². The minimum absolute atomic E-state index is 0.197. The lowest BCUT2D eigenvalue weighted by atomic mass is 10.3. The van der Waals surface area contributed by atoms with E-state index in [2.05, 4.69) is 18.7 Å². The van der Waals surface area contributed by atoms with Crippen molar-refractivity contribution in [1.29, 1.82) is 0 Å². The quantitative estimate of drug-likeness (QED) is 0.626. The van der Waals surface area contributed by atoms with Gasteiger partial charge in [0, 0.05) is 33.1 Å². The molecule has 72 valence electrons. The number of rotatable bonds is 4. The third-order valence-electron chi connectivity index (χ3n) is 2.06. The molecule has 0 saturated heterocycles. The number of hydrogen-bond acceptors (Lipinski definition) is 2. The molecule has 0 aliphatic carbocycles. The zero-order valence-corrected chi connectivity index (χ0v) is 8.79. The molecule has 0 aromatic heterocycles. The van der Waals surface area contributed by atoms with Gasteiger partial charge in [0.2, 0.25) is 5.91 Å². The fourth-order valence-electron chi connectivity index (χ4n) is 0.754. The summed E-state index contributed by atoms with van der Waals surface area (Å²) in [7, 11) is 5.61. The second-order valence-corrected chi connectivity index (χ2v) is 3.61. The summed E-state index contributed by atoms with van der Waals surface area (Å²) in [6.45, 7) is 5.09. The summed E-state index contributed by atoms with van der Waals surface area (Å²) in [5.41, 5.74) is 0. The molecule has 0 atom stereocenters. The smallest absolute Gasteiger partial charge is 0.223 e. The molecule has 3 heteroatoms.